The molecule has 6 nitrogen and oxygen atoms in total. The SMILES string of the molecule is CN1CCC(c2ncc(-c3cnc(N)c(OCc4cccc(C#CC(C)(O)CP)c4)c3)s2)CC1. The van der Waals surface area contributed by atoms with Crippen molar-refractivity contribution in [2.24, 2.45) is 0 Å². The Morgan fingerprint density at radius 1 is 1.26 bits per heavy atom. The lowest BCUT2D eigenvalue weighted by Gasteiger charge is -2.27. The number of rotatable bonds is 6. The van der Waals surface area contributed by atoms with Crippen LogP contribution in [0.5, 0.6) is 5.75 Å². The molecule has 178 valence electrons. The molecule has 3 N–H and O–H groups in total. The maximum atomic E-state index is 10.1. The Morgan fingerprint density at radius 3 is 2.82 bits per heavy atom. The maximum Gasteiger partial charge on any atom is 0.166 e. The highest BCUT2D eigenvalue weighted by Crippen LogP contribution is 2.36. The molecule has 1 fully saturated rings. The Balaban J connectivity index is 1.45. The average molecular weight is 495 g/mol. The fourth-order valence-electron chi connectivity index (χ4n) is 3.73. The molecule has 3 heterocycles. The van der Waals surface area contributed by atoms with Crippen LogP contribution in [0.15, 0.2) is 42.7 Å². The van der Waals surface area contributed by atoms with Gasteiger partial charge in [-0.05, 0) is 63.7 Å². The molecule has 0 aliphatic carbocycles. The van der Waals surface area contributed by atoms with Crippen molar-refractivity contribution in [3.05, 3.63) is 58.9 Å². The Morgan fingerprint density at radius 2 is 2.06 bits per heavy atom. The predicted octanol–water partition coefficient (Wildman–Crippen LogP) is 4.15. The normalized spacial score (nSPS) is 16.5. The molecule has 0 amide bonds. The second-order valence-electron chi connectivity index (χ2n) is 8.96. The molecule has 2 aromatic heterocycles. The van der Waals surface area contributed by atoms with E-state index in [1.54, 1.807) is 24.5 Å². The summed E-state index contributed by atoms with van der Waals surface area (Å²) in [4.78, 5) is 12.5. The van der Waals surface area contributed by atoms with Gasteiger partial charge >= 0.3 is 0 Å². The van der Waals surface area contributed by atoms with Crippen molar-refractivity contribution in [3.8, 4) is 28.0 Å². The largest absolute Gasteiger partial charge is 0.485 e. The van der Waals surface area contributed by atoms with Crippen LogP contribution in [0, 0.1) is 11.8 Å². The number of nitrogens with two attached hydrogens (primary N) is 1. The number of ether oxygens (including phenoxy) is 1. The van der Waals surface area contributed by atoms with Crippen molar-refractivity contribution in [1.82, 2.24) is 14.9 Å². The zero-order chi connectivity index (χ0) is 24.1. The van der Waals surface area contributed by atoms with E-state index in [0.717, 1.165) is 47.5 Å². The number of nitrogens with zero attached hydrogens (tertiary/aromatic N) is 3. The van der Waals surface area contributed by atoms with E-state index in [9.17, 15) is 5.11 Å². The molecule has 34 heavy (non-hydrogen) atoms. The zero-order valence-corrected chi connectivity index (χ0v) is 21.6. The van der Waals surface area contributed by atoms with Crippen molar-refractivity contribution < 1.29 is 9.84 Å². The van der Waals surface area contributed by atoms with Crippen LogP contribution in [-0.4, -0.2) is 51.9 Å². The zero-order valence-electron chi connectivity index (χ0n) is 19.6. The van der Waals surface area contributed by atoms with Crippen LogP contribution >= 0.6 is 20.6 Å². The summed E-state index contributed by atoms with van der Waals surface area (Å²) in [5.74, 6) is 7.37. The molecule has 3 aromatic rings. The molecular weight excluding hydrogens is 463 g/mol. The van der Waals surface area contributed by atoms with Crippen molar-refractivity contribution in [3.63, 3.8) is 0 Å². The van der Waals surface area contributed by atoms with Gasteiger partial charge < -0.3 is 20.5 Å². The quantitative estimate of drug-likeness (QED) is 0.396. The van der Waals surface area contributed by atoms with Crippen molar-refractivity contribution >= 4 is 26.4 Å². The van der Waals surface area contributed by atoms with Crippen molar-refractivity contribution in [2.75, 3.05) is 32.0 Å². The minimum absolute atomic E-state index is 0.342. The summed E-state index contributed by atoms with van der Waals surface area (Å²) < 4.78 is 6.03. The molecule has 0 saturated carbocycles. The van der Waals surface area contributed by atoms with Gasteiger partial charge in [-0.1, -0.05) is 24.0 Å². The Bertz CT molecular complexity index is 1190. The summed E-state index contributed by atoms with van der Waals surface area (Å²) in [5, 5.41) is 11.3. The Hall–Kier alpha value is -2.49. The number of piperidine rings is 1. The summed E-state index contributed by atoms with van der Waals surface area (Å²) >= 11 is 1.73. The minimum atomic E-state index is -1.03. The number of aliphatic hydroxyl groups is 1. The molecule has 2 atom stereocenters. The fourth-order valence-corrected chi connectivity index (χ4v) is 4.90. The highest BCUT2D eigenvalue weighted by Gasteiger charge is 2.21. The van der Waals surface area contributed by atoms with Crippen LogP contribution in [0.3, 0.4) is 0 Å². The number of nitrogen functional groups attached to an aromatic ring is 1. The maximum absolute atomic E-state index is 10.1. The molecule has 1 aliphatic heterocycles. The van der Waals surface area contributed by atoms with E-state index in [2.05, 4.69) is 38.0 Å². The first-order valence-corrected chi connectivity index (χ1v) is 13.0. The lowest BCUT2D eigenvalue weighted by molar-refractivity contribution is 0.148. The van der Waals surface area contributed by atoms with Crippen LogP contribution in [0.1, 0.15) is 41.8 Å². The molecule has 8 heteroatoms. The lowest BCUT2D eigenvalue weighted by Crippen LogP contribution is -2.29. The van der Waals surface area contributed by atoms with Crippen LogP contribution < -0.4 is 10.5 Å². The number of aromatic nitrogens is 2. The van der Waals surface area contributed by atoms with Gasteiger partial charge in [-0.3, -0.25) is 0 Å². The average Bonchev–Trinajstić information content (AvgIpc) is 3.33. The highest BCUT2D eigenvalue weighted by molar-refractivity contribution is 7.16. The molecule has 4 rings (SSSR count). The predicted molar refractivity (Wildman–Crippen MR) is 142 cm³/mol. The summed E-state index contributed by atoms with van der Waals surface area (Å²) in [6.07, 6.45) is 6.50. The van der Waals surface area contributed by atoms with E-state index >= 15 is 0 Å². The van der Waals surface area contributed by atoms with E-state index < -0.39 is 5.60 Å². The highest BCUT2D eigenvalue weighted by atomic mass is 32.1. The van der Waals surface area contributed by atoms with Gasteiger partial charge in [0.1, 0.15) is 12.2 Å². The Kier molecular flexibility index (Phi) is 7.85. The lowest BCUT2D eigenvalue weighted by atomic mass is 9.98. The topological polar surface area (TPSA) is 84.5 Å². The second-order valence-corrected chi connectivity index (χ2v) is 10.4. The Labute approximate surface area is 207 Å². The molecule has 0 radical (unpaired) electrons. The van der Waals surface area contributed by atoms with Gasteiger partial charge in [0.05, 0.1) is 9.88 Å². The molecular formula is C26H31N4O2PS. The first kappa shape index (κ1) is 24.6. The van der Waals surface area contributed by atoms with E-state index in [0.29, 0.717) is 30.3 Å². The van der Waals surface area contributed by atoms with Gasteiger partial charge in [0.15, 0.2) is 11.6 Å². The second kappa shape index (κ2) is 10.8. The number of thiazole rings is 1. The molecule has 0 bridgehead atoms. The monoisotopic (exact) mass is 494 g/mol. The number of hydrogen-bond donors (Lipinski definition) is 2. The molecule has 1 aliphatic rings. The third-order valence-electron chi connectivity index (χ3n) is 5.95. The number of hydrogen-bond acceptors (Lipinski definition) is 7. The number of benzene rings is 1. The summed E-state index contributed by atoms with van der Waals surface area (Å²) in [6, 6.07) is 9.71. The number of likely N-dealkylation sites (tertiary alicyclic amines) is 1. The van der Waals surface area contributed by atoms with Crippen LogP contribution in [0.25, 0.3) is 10.4 Å². The van der Waals surface area contributed by atoms with Crippen molar-refractivity contribution in [2.45, 2.75) is 37.9 Å². The van der Waals surface area contributed by atoms with Gasteiger partial charge in [-0.25, -0.2) is 9.97 Å². The first-order chi connectivity index (χ1) is 16.3. The van der Waals surface area contributed by atoms with Gasteiger partial charge in [0.25, 0.3) is 0 Å². The van der Waals surface area contributed by atoms with Gasteiger partial charge in [0.2, 0.25) is 0 Å². The first-order valence-electron chi connectivity index (χ1n) is 11.4. The van der Waals surface area contributed by atoms with E-state index in [4.69, 9.17) is 15.5 Å². The van der Waals surface area contributed by atoms with Gasteiger partial charge in [-0.2, -0.15) is 0 Å². The summed E-state index contributed by atoms with van der Waals surface area (Å²) in [5.41, 5.74) is 7.82. The van der Waals surface area contributed by atoms with Crippen LogP contribution in [0.4, 0.5) is 5.82 Å². The smallest absolute Gasteiger partial charge is 0.166 e. The van der Waals surface area contributed by atoms with Crippen LogP contribution in [-0.2, 0) is 6.61 Å². The number of anilines is 1. The van der Waals surface area contributed by atoms with E-state index in [-0.39, 0.29) is 0 Å². The van der Waals surface area contributed by atoms with Gasteiger partial charge in [-0.15, -0.1) is 20.6 Å². The summed E-state index contributed by atoms with van der Waals surface area (Å²) in [6.45, 7) is 4.27. The third kappa shape index (κ3) is 6.34. The van der Waals surface area contributed by atoms with E-state index in [1.807, 2.05) is 36.5 Å². The molecule has 1 aromatic carbocycles. The standard InChI is InChI=1S/C26H31N4O2PS/c1-26(31,17-33)9-6-18-4-3-5-19(12-18)16-32-22-13-21(14-28-24(22)27)23-15-29-25(34-23)20-7-10-30(2)11-8-20/h3-5,12-15,20,31H,7-8,10-11,16-17,33H2,1-2H3,(H2,27,28). The minimum Gasteiger partial charge on any atom is -0.485 e. The summed E-state index contributed by atoms with van der Waals surface area (Å²) in [7, 11) is 4.68. The molecule has 0 spiro atoms. The van der Waals surface area contributed by atoms with Crippen molar-refractivity contribution in [1.29, 1.82) is 0 Å². The molecule has 2 unspecified atom stereocenters. The fraction of sp³-hybridized carbons (Fsp3) is 0.385. The molecule has 1 saturated heterocycles. The van der Waals surface area contributed by atoms with Gasteiger partial charge in [0, 0.05) is 35.6 Å². The van der Waals surface area contributed by atoms with Crippen LogP contribution in [0.2, 0.25) is 0 Å². The third-order valence-corrected chi connectivity index (χ3v) is 7.96. The number of pyridine rings is 1. The van der Waals surface area contributed by atoms with E-state index in [1.165, 1.54) is 5.01 Å².